The number of methoxy groups -OCH3 is 1. The molecule has 1 atom stereocenters. The lowest BCUT2D eigenvalue weighted by atomic mass is 9.98. The number of nitrogens with zero attached hydrogens (tertiary/aromatic N) is 1. The van der Waals surface area contributed by atoms with Crippen LogP contribution < -0.4 is 5.32 Å². The zero-order valence-corrected chi connectivity index (χ0v) is 12.3. The lowest BCUT2D eigenvalue weighted by molar-refractivity contribution is 0.191. The summed E-state index contributed by atoms with van der Waals surface area (Å²) in [5, 5.41) is 3.55. The topological polar surface area (TPSA) is 26.2 Å². The van der Waals surface area contributed by atoms with Crippen LogP contribution in [0, 0.1) is 5.92 Å². The second-order valence-corrected chi connectivity index (χ2v) is 5.16. The number of rotatable bonds is 9. The van der Waals surface area contributed by atoms with Crippen molar-refractivity contribution in [1.29, 1.82) is 0 Å². The Bertz CT molecular complexity index is 320. The van der Waals surface area contributed by atoms with E-state index in [-0.39, 0.29) is 0 Å². The largest absolute Gasteiger partial charge is 0.385 e. The molecule has 0 saturated carbocycles. The maximum absolute atomic E-state index is 5.07. The highest BCUT2D eigenvalue weighted by atomic mass is 16.5. The summed E-state index contributed by atoms with van der Waals surface area (Å²) in [6.45, 7) is 9.66. The molecule has 3 nitrogen and oxygen atoms in total. The Labute approximate surface area is 112 Å². The van der Waals surface area contributed by atoms with Gasteiger partial charge >= 0.3 is 0 Å². The van der Waals surface area contributed by atoms with E-state index in [1.54, 1.807) is 7.11 Å². The van der Waals surface area contributed by atoms with Crippen molar-refractivity contribution in [3.05, 3.63) is 24.0 Å². The molecule has 0 radical (unpaired) electrons. The molecule has 0 aliphatic carbocycles. The summed E-state index contributed by atoms with van der Waals surface area (Å²) in [5.41, 5.74) is 1.40. The third-order valence-electron chi connectivity index (χ3n) is 3.24. The zero-order chi connectivity index (χ0) is 13.4. The van der Waals surface area contributed by atoms with Crippen LogP contribution in [-0.2, 0) is 11.3 Å². The molecule has 1 aromatic heterocycles. The first-order valence-electron chi connectivity index (χ1n) is 7.07. The van der Waals surface area contributed by atoms with Gasteiger partial charge in [-0.3, -0.25) is 0 Å². The van der Waals surface area contributed by atoms with E-state index in [9.17, 15) is 0 Å². The lowest BCUT2D eigenvalue weighted by Crippen LogP contribution is -2.25. The van der Waals surface area contributed by atoms with Gasteiger partial charge in [0.25, 0.3) is 0 Å². The van der Waals surface area contributed by atoms with Crippen molar-refractivity contribution < 1.29 is 4.74 Å². The van der Waals surface area contributed by atoms with Crippen molar-refractivity contribution in [2.75, 3.05) is 20.3 Å². The van der Waals surface area contributed by atoms with Gasteiger partial charge in [-0.1, -0.05) is 20.8 Å². The first-order chi connectivity index (χ1) is 8.69. The van der Waals surface area contributed by atoms with Crippen molar-refractivity contribution >= 4 is 0 Å². The van der Waals surface area contributed by atoms with Gasteiger partial charge in [0.15, 0.2) is 0 Å². The van der Waals surface area contributed by atoms with Gasteiger partial charge in [0.1, 0.15) is 0 Å². The molecule has 0 amide bonds. The molecule has 1 unspecified atom stereocenters. The molecular weight excluding hydrogens is 224 g/mol. The second-order valence-electron chi connectivity index (χ2n) is 5.16. The fraction of sp³-hybridized carbons (Fsp3) is 0.733. The van der Waals surface area contributed by atoms with Gasteiger partial charge in [-0.2, -0.15) is 0 Å². The minimum absolute atomic E-state index is 0.468. The van der Waals surface area contributed by atoms with Crippen LogP contribution in [0.3, 0.4) is 0 Å². The Kier molecular flexibility index (Phi) is 7.06. The number of unbranched alkanes of at least 4 members (excludes halogenated alkanes) is 1. The third-order valence-corrected chi connectivity index (χ3v) is 3.24. The summed E-state index contributed by atoms with van der Waals surface area (Å²) >= 11 is 0. The number of aromatic nitrogens is 1. The predicted octanol–water partition coefficient (Wildman–Crippen LogP) is 3.22. The monoisotopic (exact) mass is 252 g/mol. The fourth-order valence-electron chi connectivity index (χ4n) is 2.28. The molecule has 18 heavy (non-hydrogen) atoms. The van der Waals surface area contributed by atoms with Crippen LogP contribution in [0.5, 0.6) is 0 Å². The number of hydrogen-bond acceptors (Lipinski definition) is 2. The maximum atomic E-state index is 5.07. The Balaban J connectivity index is 2.50. The number of nitrogens with one attached hydrogen (secondary N) is 1. The number of ether oxygens (including phenoxy) is 1. The van der Waals surface area contributed by atoms with Gasteiger partial charge in [0.05, 0.1) is 0 Å². The summed E-state index contributed by atoms with van der Waals surface area (Å²) in [4.78, 5) is 0. The molecule has 3 heteroatoms. The zero-order valence-electron chi connectivity index (χ0n) is 12.3. The quantitative estimate of drug-likeness (QED) is 0.683. The van der Waals surface area contributed by atoms with Gasteiger partial charge in [-0.05, 0) is 36.9 Å². The first kappa shape index (κ1) is 15.3. The van der Waals surface area contributed by atoms with E-state index in [0.29, 0.717) is 12.0 Å². The summed E-state index contributed by atoms with van der Waals surface area (Å²) in [6, 6.07) is 2.71. The Morgan fingerprint density at radius 3 is 2.72 bits per heavy atom. The fourth-order valence-corrected chi connectivity index (χ4v) is 2.28. The molecular formula is C15H28N2O. The predicted molar refractivity (Wildman–Crippen MR) is 76.8 cm³/mol. The van der Waals surface area contributed by atoms with Crippen LogP contribution in [0.25, 0.3) is 0 Å². The van der Waals surface area contributed by atoms with E-state index >= 15 is 0 Å². The summed E-state index contributed by atoms with van der Waals surface area (Å²) in [6.07, 6.45) is 6.77. The highest BCUT2D eigenvalue weighted by Crippen LogP contribution is 2.21. The molecule has 1 aromatic rings. The van der Waals surface area contributed by atoms with E-state index in [1.165, 1.54) is 12.0 Å². The average molecular weight is 252 g/mol. The van der Waals surface area contributed by atoms with Crippen molar-refractivity contribution in [2.24, 2.45) is 5.92 Å². The molecule has 0 saturated heterocycles. The minimum atomic E-state index is 0.468. The van der Waals surface area contributed by atoms with Crippen LogP contribution >= 0.6 is 0 Å². The van der Waals surface area contributed by atoms with Crippen LogP contribution in [0.4, 0.5) is 0 Å². The normalized spacial score (nSPS) is 13.2. The van der Waals surface area contributed by atoms with E-state index in [0.717, 1.165) is 26.1 Å². The molecule has 0 spiro atoms. The van der Waals surface area contributed by atoms with Crippen LogP contribution in [-0.4, -0.2) is 24.8 Å². The van der Waals surface area contributed by atoms with Crippen molar-refractivity contribution in [2.45, 2.75) is 46.2 Å². The standard InChI is InChI=1S/C15H28N2O/c1-5-16-15(13(2)3)14-8-10-17(12-14)9-6-7-11-18-4/h8,10,12-13,15-16H,5-7,9,11H2,1-4H3. The van der Waals surface area contributed by atoms with Gasteiger partial charge in [-0.15, -0.1) is 0 Å². The SMILES string of the molecule is CCNC(c1ccn(CCCCOC)c1)C(C)C. The molecule has 104 valence electrons. The van der Waals surface area contributed by atoms with Gasteiger partial charge < -0.3 is 14.6 Å². The molecule has 0 fully saturated rings. The van der Waals surface area contributed by atoms with E-state index in [1.807, 2.05) is 0 Å². The summed E-state index contributed by atoms with van der Waals surface area (Å²) < 4.78 is 7.36. The highest BCUT2D eigenvalue weighted by Gasteiger charge is 2.15. The van der Waals surface area contributed by atoms with E-state index in [2.05, 4.69) is 49.1 Å². The third kappa shape index (κ3) is 4.83. The van der Waals surface area contributed by atoms with Crippen molar-refractivity contribution in [1.82, 2.24) is 9.88 Å². The average Bonchev–Trinajstić information content (AvgIpc) is 2.79. The van der Waals surface area contributed by atoms with Crippen molar-refractivity contribution in [3.63, 3.8) is 0 Å². The number of hydrogen-bond donors (Lipinski definition) is 1. The Hall–Kier alpha value is -0.800. The Morgan fingerprint density at radius 1 is 1.33 bits per heavy atom. The molecule has 0 bridgehead atoms. The highest BCUT2D eigenvalue weighted by molar-refractivity contribution is 5.16. The van der Waals surface area contributed by atoms with Gasteiger partial charge in [-0.25, -0.2) is 0 Å². The lowest BCUT2D eigenvalue weighted by Gasteiger charge is -2.20. The summed E-state index contributed by atoms with van der Waals surface area (Å²) in [5.74, 6) is 0.620. The molecule has 0 aliphatic heterocycles. The van der Waals surface area contributed by atoms with Crippen LogP contribution in [0.15, 0.2) is 18.5 Å². The van der Waals surface area contributed by atoms with Crippen LogP contribution in [0.1, 0.15) is 45.2 Å². The van der Waals surface area contributed by atoms with Gasteiger partial charge in [0.2, 0.25) is 0 Å². The van der Waals surface area contributed by atoms with Crippen molar-refractivity contribution in [3.8, 4) is 0 Å². The van der Waals surface area contributed by atoms with Gasteiger partial charge in [0, 0.05) is 38.7 Å². The Morgan fingerprint density at radius 2 is 2.11 bits per heavy atom. The van der Waals surface area contributed by atoms with E-state index < -0.39 is 0 Å². The second kappa shape index (κ2) is 8.33. The van der Waals surface area contributed by atoms with E-state index in [4.69, 9.17) is 4.74 Å². The summed E-state index contributed by atoms with van der Waals surface area (Å²) in [7, 11) is 1.76. The minimum Gasteiger partial charge on any atom is -0.385 e. The smallest absolute Gasteiger partial charge is 0.0462 e. The molecule has 0 aliphatic rings. The molecule has 1 N–H and O–H groups in total. The molecule has 0 aromatic carbocycles. The molecule has 1 heterocycles. The molecule has 1 rings (SSSR count). The first-order valence-corrected chi connectivity index (χ1v) is 7.07. The van der Waals surface area contributed by atoms with Crippen LogP contribution in [0.2, 0.25) is 0 Å². The number of aryl methyl sites for hydroxylation is 1. The maximum Gasteiger partial charge on any atom is 0.0462 e.